The average Bonchev–Trinajstić information content (AvgIpc) is 2.09. The molecule has 0 aromatic heterocycles. The van der Waals surface area contributed by atoms with E-state index in [1.165, 1.54) is 0 Å². The van der Waals surface area contributed by atoms with E-state index in [1.54, 1.807) is 24.3 Å². The van der Waals surface area contributed by atoms with Crippen molar-refractivity contribution in [1.29, 1.82) is 0 Å². The summed E-state index contributed by atoms with van der Waals surface area (Å²) in [5, 5.41) is 0. The zero-order valence-corrected chi connectivity index (χ0v) is 9.94. The lowest BCUT2D eigenvalue weighted by Gasteiger charge is -2.43. The van der Waals surface area contributed by atoms with Gasteiger partial charge in [-0.15, -0.1) is 0 Å². The van der Waals surface area contributed by atoms with Crippen LogP contribution in [0.4, 0.5) is 13.2 Å². The molecule has 0 spiro atoms. The van der Waals surface area contributed by atoms with Crippen LogP contribution in [0.2, 0.25) is 0 Å². The Morgan fingerprint density at radius 1 is 1.38 bits per heavy atom. The van der Waals surface area contributed by atoms with E-state index in [0.717, 1.165) is 4.47 Å². The second-order valence-corrected chi connectivity index (χ2v) is 4.81. The average molecular weight is 295 g/mol. The van der Waals surface area contributed by atoms with Gasteiger partial charge in [-0.2, -0.15) is 13.2 Å². The highest BCUT2D eigenvalue weighted by Gasteiger charge is 2.59. The van der Waals surface area contributed by atoms with Gasteiger partial charge in [0, 0.05) is 17.3 Å². The van der Waals surface area contributed by atoms with E-state index in [0.29, 0.717) is 5.56 Å². The van der Waals surface area contributed by atoms with Gasteiger partial charge >= 0.3 is 6.18 Å². The van der Waals surface area contributed by atoms with Crippen molar-refractivity contribution in [1.82, 2.24) is 0 Å². The molecule has 0 bridgehead atoms. The van der Waals surface area contributed by atoms with E-state index in [4.69, 9.17) is 4.74 Å². The highest BCUT2D eigenvalue weighted by atomic mass is 79.9. The van der Waals surface area contributed by atoms with Crippen LogP contribution in [0.3, 0.4) is 0 Å². The van der Waals surface area contributed by atoms with Crippen LogP contribution in [0.5, 0.6) is 0 Å². The highest BCUT2D eigenvalue weighted by molar-refractivity contribution is 9.10. The summed E-state index contributed by atoms with van der Waals surface area (Å²) >= 11 is 3.24. The summed E-state index contributed by atoms with van der Waals surface area (Å²) in [5.41, 5.74) is -1.33. The zero-order valence-electron chi connectivity index (χ0n) is 8.35. The molecule has 0 N–H and O–H groups in total. The SMILES string of the molecule is FC(F)(F)C1(Cc2cccc(Br)c2)CCO1. The normalized spacial score (nSPS) is 25.2. The van der Waals surface area contributed by atoms with Crippen LogP contribution < -0.4 is 0 Å². The minimum atomic E-state index is -4.30. The van der Waals surface area contributed by atoms with E-state index in [9.17, 15) is 13.2 Å². The molecule has 1 atom stereocenters. The molecule has 0 saturated carbocycles. The third-order valence-corrected chi connectivity index (χ3v) is 3.27. The van der Waals surface area contributed by atoms with Crippen molar-refractivity contribution in [3.05, 3.63) is 34.3 Å². The minimum Gasteiger partial charge on any atom is -0.365 e. The molecule has 0 radical (unpaired) electrons. The van der Waals surface area contributed by atoms with Gasteiger partial charge in [0.1, 0.15) is 0 Å². The van der Waals surface area contributed by atoms with Crippen LogP contribution in [0.25, 0.3) is 0 Å². The quantitative estimate of drug-likeness (QED) is 0.808. The van der Waals surface area contributed by atoms with E-state index < -0.39 is 11.8 Å². The Kier molecular flexibility index (Phi) is 3.01. The van der Waals surface area contributed by atoms with Crippen molar-refractivity contribution in [3.8, 4) is 0 Å². The Morgan fingerprint density at radius 3 is 2.50 bits per heavy atom. The Hall–Kier alpha value is -0.550. The smallest absolute Gasteiger partial charge is 0.365 e. The summed E-state index contributed by atoms with van der Waals surface area (Å²) in [6.45, 7) is 0.188. The minimum absolute atomic E-state index is 0.0447. The van der Waals surface area contributed by atoms with E-state index >= 15 is 0 Å². The predicted octanol–water partition coefficient (Wildman–Crippen LogP) is 3.71. The maximum atomic E-state index is 12.8. The van der Waals surface area contributed by atoms with Crippen molar-refractivity contribution in [2.75, 3.05) is 6.61 Å². The van der Waals surface area contributed by atoms with Gasteiger partial charge in [-0.25, -0.2) is 0 Å². The van der Waals surface area contributed by atoms with E-state index in [-0.39, 0.29) is 19.4 Å². The molecule has 1 saturated heterocycles. The molecule has 5 heteroatoms. The molecule has 1 heterocycles. The number of alkyl halides is 3. The zero-order chi connectivity index (χ0) is 11.8. The number of benzene rings is 1. The largest absolute Gasteiger partial charge is 0.417 e. The molecule has 1 aromatic rings. The molecule has 1 nitrogen and oxygen atoms in total. The van der Waals surface area contributed by atoms with Crippen LogP contribution in [0, 0.1) is 0 Å². The Labute approximate surface area is 99.7 Å². The number of rotatable bonds is 2. The van der Waals surface area contributed by atoms with Crippen LogP contribution in [-0.2, 0) is 11.2 Å². The first kappa shape index (κ1) is 11.9. The number of ether oxygens (including phenoxy) is 1. The molecule has 88 valence electrons. The Bertz CT molecular complexity index is 385. The maximum absolute atomic E-state index is 12.8. The summed E-state index contributed by atoms with van der Waals surface area (Å²) in [7, 11) is 0. The summed E-state index contributed by atoms with van der Waals surface area (Å²) in [5.74, 6) is 0. The van der Waals surface area contributed by atoms with Crippen molar-refractivity contribution in [3.63, 3.8) is 0 Å². The third-order valence-electron chi connectivity index (χ3n) is 2.78. The summed E-state index contributed by atoms with van der Waals surface area (Å²) < 4.78 is 44.0. The predicted molar refractivity (Wildman–Crippen MR) is 57.2 cm³/mol. The molecular weight excluding hydrogens is 285 g/mol. The van der Waals surface area contributed by atoms with E-state index in [2.05, 4.69) is 15.9 Å². The van der Waals surface area contributed by atoms with Crippen LogP contribution >= 0.6 is 15.9 Å². The number of hydrogen-bond donors (Lipinski definition) is 0. The van der Waals surface area contributed by atoms with Gasteiger partial charge in [0.2, 0.25) is 0 Å². The third kappa shape index (κ3) is 2.11. The van der Waals surface area contributed by atoms with E-state index in [1.807, 2.05) is 0 Å². The van der Waals surface area contributed by atoms with Crippen LogP contribution in [-0.4, -0.2) is 18.4 Å². The van der Waals surface area contributed by atoms with Gasteiger partial charge in [-0.3, -0.25) is 0 Å². The Balaban J connectivity index is 2.20. The van der Waals surface area contributed by atoms with Crippen LogP contribution in [0.1, 0.15) is 12.0 Å². The highest BCUT2D eigenvalue weighted by Crippen LogP contribution is 2.44. The lowest BCUT2D eigenvalue weighted by atomic mass is 9.87. The second kappa shape index (κ2) is 4.04. The standard InChI is InChI=1S/C11H10BrF3O/c12-9-3-1-2-8(6-9)7-10(4-5-16-10)11(13,14)15/h1-3,6H,4-5,7H2. The molecule has 1 aliphatic heterocycles. The lowest BCUT2D eigenvalue weighted by molar-refractivity contribution is -0.324. The van der Waals surface area contributed by atoms with Crippen molar-refractivity contribution in [2.45, 2.75) is 24.6 Å². The van der Waals surface area contributed by atoms with Crippen molar-refractivity contribution >= 4 is 15.9 Å². The van der Waals surface area contributed by atoms with Gasteiger partial charge in [0.25, 0.3) is 0 Å². The van der Waals surface area contributed by atoms with Gasteiger partial charge in [-0.05, 0) is 17.7 Å². The summed E-state index contributed by atoms with van der Waals surface area (Å²) in [4.78, 5) is 0. The first-order valence-electron chi connectivity index (χ1n) is 4.88. The molecule has 1 aromatic carbocycles. The topological polar surface area (TPSA) is 9.23 Å². The van der Waals surface area contributed by atoms with Gasteiger partial charge < -0.3 is 4.74 Å². The molecule has 0 amide bonds. The first-order chi connectivity index (χ1) is 7.43. The monoisotopic (exact) mass is 294 g/mol. The molecule has 1 unspecified atom stereocenters. The number of halogens is 4. The first-order valence-corrected chi connectivity index (χ1v) is 5.67. The van der Waals surface area contributed by atoms with Crippen molar-refractivity contribution < 1.29 is 17.9 Å². The number of hydrogen-bond acceptors (Lipinski definition) is 1. The van der Waals surface area contributed by atoms with Crippen LogP contribution in [0.15, 0.2) is 28.7 Å². The summed E-state index contributed by atoms with van der Waals surface area (Å²) in [6, 6.07) is 6.88. The Morgan fingerprint density at radius 2 is 2.06 bits per heavy atom. The van der Waals surface area contributed by atoms with Gasteiger partial charge in [0.15, 0.2) is 5.60 Å². The molecular formula is C11H10BrF3O. The maximum Gasteiger partial charge on any atom is 0.417 e. The fourth-order valence-electron chi connectivity index (χ4n) is 1.79. The fraction of sp³-hybridized carbons (Fsp3) is 0.455. The molecule has 1 fully saturated rings. The van der Waals surface area contributed by atoms with Gasteiger partial charge in [0.05, 0.1) is 6.61 Å². The lowest BCUT2D eigenvalue weighted by Crippen LogP contribution is -2.57. The fourth-order valence-corrected chi connectivity index (χ4v) is 2.23. The van der Waals surface area contributed by atoms with Crippen molar-refractivity contribution in [2.24, 2.45) is 0 Å². The summed E-state index contributed by atoms with van der Waals surface area (Å²) in [6.07, 6.45) is -4.37. The van der Waals surface area contributed by atoms with Gasteiger partial charge in [-0.1, -0.05) is 28.1 Å². The molecule has 0 aliphatic carbocycles. The molecule has 2 rings (SSSR count). The second-order valence-electron chi connectivity index (χ2n) is 3.90. The molecule has 16 heavy (non-hydrogen) atoms. The molecule has 1 aliphatic rings.